The number of carbonyl (C=O) groups is 2. The predicted octanol–water partition coefficient (Wildman–Crippen LogP) is 3.87. The summed E-state index contributed by atoms with van der Waals surface area (Å²) in [5.41, 5.74) is 2.24. The summed E-state index contributed by atoms with van der Waals surface area (Å²) in [5, 5.41) is 5.04. The largest absolute Gasteiger partial charge is 0.454 e. The maximum atomic E-state index is 13.2. The van der Waals surface area contributed by atoms with Crippen LogP contribution in [0.4, 0.5) is 5.69 Å². The van der Waals surface area contributed by atoms with E-state index in [1.54, 1.807) is 12.1 Å². The maximum absolute atomic E-state index is 13.2. The standard InChI is InChI=1S/C22H16N2O4S/c25-21-19(18-7-4-10-29-18)20(23-15-5-2-1-3-6-15)22(26)24(21)12-14-8-9-16-17(11-14)28-13-27-16/h1-11,23H,12-13H2. The topological polar surface area (TPSA) is 67.9 Å². The number of thiophene rings is 1. The Hall–Kier alpha value is -3.58. The fourth-order valence-corrected chi connectivity index (χ4v) is 4.14. The minimum atomic E-state index is -0.347. The van der Waals surface area contributed by atoms with Crippen LogP contribution >= 0.6 is 11.3 Å². The van der Waals surface area contributed by atoms with Crippen molar-refractivity contribution in [1.82, 2.24) is 4.90 Å². The second-order valence-corrected chi connectivity index (χ2v) is 7.55. The van der Waals surface area contributed by atoms with Crippen LogP contribution in [0.3, 0.4) is 0 Å². The van der Waals surface area contributed by atoms with E-state index in [1.165, 1.54) is 16.2 Å². The first-order valence-corrected chi connectivity index (χ1v) is 9.93. The van der Waals surface area contributed by atoms with E-state index in [-0.39, 0.29) is 25.2 Å². The van der Waals surface area contributed by atoms with Gasteiger partial charge in [0.1, 0.15) is 5.70 Å². The van der Waals surface area contributed by atoms with Crippen LogP contribution in [0.1, 0.15) is 10.4 Å². The quantitative estimate of drug-likeness (QED) is 0.654. The monoisotopic (exact) mass is 404 g/mol. The lowest BCUT2D eigenvalue weighted by Gasteiger charge is -2.15. The molecule has 2 aliphatic rings. The first kappa shape index (κ1) is 17.5. The SMILES string of the molecule is O=C1C(Nc2ccccc2)=C(c2cccs2)C(=O)N1Cc1ccc2c(c1)OCO2. The van der Waals surface area contributed by atoms with Gasteiger partial charge in [-0.15, -0.1) is 11.3 Å². The Bertz CT molecular complexity index is 1120. The molecular weight excluding hydrogens is 388 g/mol. The number of fused-ring (bicyclic) bond motifs is 1. The normalized spacial score (nSPS) is 15.4. The van der Waals surface area contributed by atoms with Crippen molar-refractivity contribution in [3.8, 4) is 11.5 Å². The average Bonchev–Trinajstić information content (AvgIpc) is 3.46. The summed E-state index contributed by atoms with van der Waals surface area (Å²) in [4.78, 5) is 28.4. The molecule has 6 nitrogen and oxygen atoms in total. The molecule has 2 amide bonds. The van der Waals surface area contributed by atoms with Crippen LogP contribution in [0.25, 0.3) is 5.57 Å². The van der Waals surface area contributed by atoms with Crippen molar-refractivity contribution in [2.45, 2.75) is 6.54 Å². The van der Waals surface area contributed by atoms with Crippen LogP contribution in [0.5, 0.6) is 11.5 Å². The maximum Gasteiger partial charge on any atom is 0.278 e. The number of nitrogens with zero attached hydrogens (tertiary/aromatic N) is 1. The summed E-state index contributed by atoms with van der Waals surface area (Å²) >= 11 is 1.43. The molecule has 0 radical (unpaired) electrons. The molecule has 0 saturated heterocycles. The third kappa shape index (κ3) is 3.15. The van der Waals surface area contributed by atoms with Gasteiger partial charge in [0.25, 0.3) is 11.8 Å². The Morgan fingerprint density at radius 3 is 2.55 bits per heavy atom. The average molecular weight is 404 g/mol. The van der Waals surface area contributed by atoms with Gasteiger partial charge in [-0.05, 0) is 41.3 Å². The second kappa shape index (κ2) is 7.10. The first-order valence-electron chi connectivity index (χ1n) is 9.05. The zero-order valence-electron chi connectivity index (χ0n) is 15.3. The molecule has 0 spiro atoms. The second-order valence-electron chi connectivity index (χ2n) is 6.60. The van der Waals surface area contributed by atoms with Crippen molar-refractivity contribution in [3.05, 3.63) is 82.2 Å². The summed E-state index contributed by atoms with van der Waals surface area (Å²) in [6.07, 6.45) is 0. The zero-order valence-corrected chi connectivity index (χ0v) is 16.1. The van der Waals surface area contributed by atoms with E-state index < -0.39 is 0 Å². The molecule has 0 aliphatic carbocycles. The van der Waals surface area contributed by atoms with Gasteiger partial charge in [0.05, 0.1) is 12.1 Å². The summed E-state index contributed by atoms with van der Waals surface area (Å²) < 4.78 is 10.7. The summed E-state index contributed by atoms with van der Waals surface area (Å²) in [6, 6.07) is 18.5. The number of para-hydroxylation sites is 1. The molecule has 5 rings (SSSR count). The van der Waals surface area contributed by atoms with Gasteiger partial charge in [-0.3, -0.25) is 14.5 Å². The van der Waals surface area contributed by atoms with Gasteiger partial charge < -0.3 is 14.8 Å². The summed E-state index contributed by atoms with van der Waals surface area (Å²) in [5.74, 6) is 0.626. The highest BCUT2D eigenvalue weighted by Crippen LogP contribution is 2.36. The van der Waals surface area contributed by atoms with E-state index in [9.17, 15) is 9.59 Å². The third-order valence-electron chi connectivity index (χ3n) is 4.76. The number of ether oxygens (including phenoxy) is 2. The zero-order chi connectivity index (χ0) is 19.8. The van der Waals surface area contributed by atoms with Crippen LogP contribution in [0.2, 0.25) is 0 Å². The molecule has 2 aliphatic heterocycles. The number of hydrogen-bond donors (Lipinski definition) is 1. The molecule has 0 atom stereocenters. The number of carbonyl (C=O) groups excluding carboxylic acids is 2. The van der Waals surface area contributed by atoms with Gasteiger partial charge in [0.15, 0.2) is 11.5 Å². The van der Waals surface area contributed by atoms with Crippen LogP contribution in [0, 0.1) is 0 Å². The first-order chi connectivity index (χ1) is 14.2. The van der Waals surface area contributed by atoms with Gasteiger partial charge >= 0.3 is 0 Å². The molecule has 2 aromatic carbocycles. The Balaban J connectivity index is 1.48. The minimum Gasteiger partial charge on any atom is -0.454 e. The Kier molecular flexibility index (Phi) is 4.29. The molecule has 7 heteroatoms. The van der Waals surface area contributed by atoms with Gasteiger partial charge in [-0.1, -0.05) is 30.3 Å². The fourth-order valence-electron chi connectivity index (χ4n) is 3.37. The van der Waals surface area contributed by atoms with Crippen LogP contribution in [0.15, 0.2) is 71.7 Å². The van der Waals surface area contributed by atoms with E-state index in [4.69, 9.17) is 9.47 Å². The van der Waals surface area contributed by atoms with E-state index in [2.05, 4.69) is 5.32 Å². The van der Waals surface area contributed by atoms with Crippen molar-refractivity contribution in [1.29, 1.82) is 0 Å². The molecule has 3 aromatic rings. The lowest BCUT2D eigenvalue weighted by molar-refractivity contribution is -0.137. The number of benzene rings is 2. The van der Waals surface area contributed by atoms with E-state index in [0.29, 0.717) is 22.8 Å². The van der Waals surface area contributed by atoms with Gasteiger partial charge in [-0.2, -0.15) is 0 Å². The number of anilines is 1. The highest BCUT2D eigenvalue weighted by molar-refractivity contribution is 7.11. The molecule has 144 valence electrons. The van der Waals surface area contributed by atoms with Crippen molar-refractivity contribution in [3.63, 3.8) is 0 Å². The van der Waals surface area contributed by atoms with Gasteiger partial charge in [0, 0.05) is 10.6 Å². The number of rotatable bonds is 5. The molecule has 0 unspecified atom stereocenters. The Labute approximate surface area is 171 Å². The highest BCUT2D eigenvalue weighted by Gasteiger charge is 2.39. The smallest absolute Gasteiger partial charge is 0.278 e. The Morgan fingerprint density at radius 2 is 1.76 bits per heavy atom. The van der Waals surface area contributed by atoms with Crippen molar-refractivity contribution < 1.29 is 19.1 Å². The highest BCUT2D eigenvalue weighted by atomic mass is 32.1. The van der Waals surface area contributed by atoms with Gasteiger partial charge in [-0.25, -0.2) is 0 Å². The molecule has 0 fully saturated rings. The van der Waals surface area contributed by atoms with Crippen LogP contribution < -0.4 is 14.8 Å². The number of nitrogens with one attached hydrogen (secondary N) is 1. The molecule has 0 bridgehead atoms. The molecule has 29 heavy (non-hydrogen) atoms. The van der Waals surface area contributed by atoms with Crippen molar-refractivity contribution in [2.75, 3.05) is 12.1 Å². The van der Waals surface area contributed by atoms with Crippen molar-refractivity contribution >= 4 is 34.4 Å². The van der Waals surface area contributed by atoms with Gasteiger partial charge in [0.2, 0.25) is 6.79 Å². The molecular formula is C22H16N2O4S. The molecule has 1 aromatic heterocycles. The van der Waals surface area contributed by atoms with E-state index in [0.717, 1.165) is 16.1 Å². The summed E-state index contributed by atoms with van der Waals surface area (Å²) in [7, 11) is 0. The van der Waals surface area contributed by atoms with E-state index in [1.807, 2.05) is 53.9 Å². The number of imide groups is 1. The van der Waals surface area contributed by atoms with E-state index >= 15 is 0 Å². The van der Waals surface area contributed by atoms with Crippen LogP contribution in [-0.2, 0) is 16.1 Å². The minimum absolute atomic E-state index is 0.156. The molecule has 1 N–H and O–H groups in total. The van der Waals surface area contributed by atoms with Crippen molar-refractivity contribution in [2.24, 2.45) is 0 Å². The molecule has 3 heterocycles. The lowest BCUT2D eigenvalue weighted by atomic mass is 10.1. The third-order valence-corrected chi connectivity index (χ3v) is 5.64. The fraction of sp³-hybridized carbons (Fsp3) is 0.0909. The molecule has 0 saturated carbocycles. The predicted molar refractivity (Wildman–Crippen MR) is 109 cm³/mol. The number of amides is 2. The lowest BCUT2D eigenvalue weighted by Crippen LogP contribution is -2.31. The summed E-state index contributed by atoms with van der Waals surface area (Å²) in [6.45, 7) is 0.332. The Morgan fingerprint density at radius 1 is 0.931 bits per heavy atom. The number of hydrogen-bond acceptors (Lipinski definition) is 6. The van der Waals surface area contributed by atoms with Crippen LogP contribution in [-0.4, -0.2) is 23.5 Å².